The van der Waals surface area contributed by atoms with Crippen LogP contribution in [0, 0.1) is 0 Å². The van der Waals surface area contributed by atoms with E-state index in [1.54, 1.807) is 12.1 Å². The first kappa shape index (κ1) is 27.5. The van der Waals surface area contributed by atoms with Gasteiger partial charge in [0.15, 0.2) is 5.43 Å². The second kappa shape index (κ2) is 10.7. The van der Waals surface area contributed by atoms with Crippen LogP contribution in [0.2, 0.25) is 0 Å². The predicted octanol–water partition coefficient (Wildman–Crippen LogP) is 4.26. The molecule has 1 aliphatic heterocycles. The number of fused-ring (bicyclic) bond motifs is 1. The minimum Gasteiger partial charge on any atom is -0.507 e. The first-order valence-electron chi connectivity index (χ1n) is 12.3. The second-order valence-corrected chi connectivity index (χ2v) is 9.32. The molecule has 1 fully saturated rings. The van der Waals surface area contributed by atoms with Gasteiger partial charge < -0.3 is 29.2 Å². The van der Waals surface area contributed by atoms with Crippen LogP contribution in [0.25, 0.3) is 22.3 Å². The fourth-order valence-electron chi connectivity index (χ4n) is 4.90. The molecule has 38 heavy (non-hydrogen) atoms. The molecule has 1 saturated heterocycles. The van der Waals surface area contributed by atoms with E-state index in [4.69, 9.17) is 4.42 Å². The van der Waals surface area contributed by atoms with Gasteiger partial charge in [-0.2, -0.15) is 13.2 Å². The van der Waals surface area contributed by atoms with E-state index in [1.807, 2.05) is 37.9 Å². The zero-order valence-electron chi connectivity index (χ0n) is 21.2. The number of ether oxygens (including phenoxy) is 1. The van der Waals surface area contributed by atoms with Crippen LogP contribution < -0.4 is 15.1 Å². The molecule has 0 radical (unpaired) electrons. The number of hydrogen-bond acceptors (Lipinski definition) is 8. The number of esters is 1. The molecule has 0 amide bonds. The number of carbonyl (C=O) groups is 1. The highest BCUT2D eigenvalue weighted by molar-refractivity contribution is 5.92. The van der Waals surface area contributed by atoms with Crippen molar-refractivity contribution in [3.05, 3.63) is 52.2 Å². The summed E-state index contributed by atoms with van der Waals surface area (Å²) >= 11 is 0. The Kier molecular flexibility index (Phi) is 7.70. The van der Waals surface area contributed by atoms with E-state index < -0.39 is 46.5 Å². The van der Waals surface area contributed by atoms with Crippen LogP contribution in [-0.4, -0.2) is 66.6 Å². The summed E-state index contributed by atoms with van der Waals surface area (Å²) in [5.41, 5.74) is 0.552. The van der Waals surface area contributed by atoms with E-state index in [0.29, 0.717) is 18.5 Å². The quantitative estimate of drug-likeness (QED) is 0.357. The van der Waals surface area contributed by atoms with Gasteiger partial charge >= 0.3 is 12.1 Å². The number of rotatable bonds is 6. The summed E-state index contributed by atoms with van der Waals surface area (Å²) in [6.45, 7) is 6.46. The zero-order chi connectivity index (χ0) is 27.8. The second-order valence-electron chi connectivity index (χ2n) is 9.32. The number of phenolic OH excluding ortho intramolecular Hbond substituents is 1. The van der Waals surface area contributed by atoms with Crippen molar-refractivity contribution in [2.24, 2.45) is 0 Å². The van der Waals surface area contributed by atoms with Crippen LogP contribution in [-0.2, 0) is 4.79 Å². The zero-order valence-corrected chi connectivity index (χ0v) is 21.2. The molecule has 2 atom stereocenters. The molecule has 0 spiro atoms. The largest absolute Gasteiger partial charge is 0.507 e. The number of alkyl halides is 3. The van der Waals surface area contributed by atoms with Crippen LogP contribution in [0.3, 0.4) is 0 Å². The number of aliphatic hydroxyl groups excluding tert-OH is 1. The molecule has 0 saturated carbocycles. The lowest BCUT2D eigenvalue weighted by atomic mass is 9.85. The monoisotopic (exact) mass is 534 g/mol. The number of nitrogens with zero attached hydrogens (tertiary/aromatic N) is 2. The summed E-state index contributed by atoms with van der Waals surface area (Å²) < 4.78 is 49.4. The van der Waals surface area contributed by atoms with E-state index in [0.717, 1.165) is 30.9 Å². The van der Waals surface area contributed by atoms with Gasteiger partial charge in [-0.25, -0.2) is 4.79 Å². The Hall–Kier alpha value is -3.57. The maximum Gasteiger partial charge on any atom is 0.491 e. The minimum absolute atomic E-state index is 0.0751. The van der Waals surface area contributed by atoms with Gasteiger partial charge in [-0.3, -0.25) is 4.79 Å². The fourth-order valence-corrected chi connectivity index (χ4v) is 4.90. The first-order chi connectivity index (χ1) is 17.9. The average Bonchev–Trinajstić information content (AvgIpc) is 2.85. The number of benzene rings is 2. The van der Waals surface area contributed by atoms with Gasteiger partial charge in [0.25, 0.3) is 0 Å². The maximum absolute atomic E-state index is 13.3. The highest BCUT2D eigenvalue weighted by atomic mass is 19.4. The molecule has 0 bridgehead atoms. The molecule has 1 aromatic heterocycles. The number of likely N-dealkylation sites (N-methyl/N-ethyl adjacent to an activating group) is 1. The normalized spacial score (nSPS) is 18.5. The van der Waals surface area contributed by atoms with E-state index in [-0.39, 0.29) is 23.5 Å². The molecule has 4 rings (SSSR count). The molecule has 3 aromatic rings. The van der Waals surface area contributed by atoms with Gasteiger partial charge in [0, 0.05) is 54.5 Å². The highest BCUT2D eigenvalue weighted by Gasteiger charge is 2.42. The van der Waals surface area contributed by atoms with Crippen molar-refractivity contribution in [1.82, 2.24) is 4.90 Å². The molecule has 2 aromatic carbocycles. The summed E-state index contributed by atoms with van der Waals surface area (Å²) in [7, 11) is 1.82. The van der Waals surface area contributed by atoms with Crippen molar-refractivity contribution < 1.29 is 37.3 Å². The number of phenols is 1. The van der Waals surface area contributed by atoms with E-state index in [2.05, 4.69) is 9.64 Å². The van der Waals surface area contributed by atoms with Crippen LogP contribution >= 0.6 is 0 Å². The van der Waals surface area contributed by atoms with Crippen molar-refractivity contribution in [2.45, 2.75) is 38.5 Å². The standard InChI is InChI=1S/C27H29F3N2O6/c1-4-32(5-2)16-8-6-15(7-9-16)21-12-19(34)24-22(38-26(36)27(28,29)30)13-18(33)23(25(24)37-21)17-10-11-31(3)14-20(17)35/h6-9,12-13,17,20,33,35H,4-5,10-11,14H2,1-3H3/t17-,20+/m0/s1. The number of anilines is 1. The number of halogens is 3. The summed E-state index contributed by atoms with van der Waals surface area (Å²) in [4.78, 5) is 28.9. The summed E-state index contributed by atoms with van der Waals surface area (Å²) in [5.74, 6) is -4.43. The Morgan fingerprint density at radius 2 is 1.84 bits per heavy atom. The number of likely N-dealkylation sites (tertiary alicyclic amines) is 1. The molecule has 0 unspecified atom stereocenters. The van der Waals surface area contributed by atoms with Gasteiger partial charge in [-0.05, 0) is 58.1 Å². The fraction of sp³-hybridized carbons (Fsp3) is 0.407. The average molecular weight is 535 g/mol. The lowest BCUT2D eigenvalue weighted by molar-refractivity contribution is -0.189. The molecule has 204 valence electrons. The third kappa shape index (κ3) is 5.34. The number of hydrogen-bond donors (Lipinski definition) is 2. The first-order valence-corrected chi connectivity index (χ1v) is 12.3. The molecular weight excluding hydrogens is 505 g/mol. The van der Waals surface area contributed by atoms with Crippen molar-refractivity contribution in [3.63, 3.8) is 0 Å². The summed E-state index contributed by atoms with van der Waals surface area (Å²) in [5, 5.41) is 21.2. The van der Waals surface area contributed by atoms with Gasteiger partial charge in [0.1, 0.15) is 28.2 Å². The third-order valence-corrected chi connectivity index (χ3v) is 6.85. The molecule has 0 aliphatic carbocycles. The number of β-amino-alcohol motifs (C(OH)–C–C–N with tert-alkyl or cyclic N) is 1. The molecule has 8 nitrogen and oxygen atoms in total. The van der Waals surface area contributed by atoms with Gasteiger partial charge in [-0.15, -0.1) is 0 Å². The van der Waals surface area contributed by atoms with Crippen LogP contribution in [0.1, 0.15) is 31.7 Å². The van der Waals surface area contributed by atoms with Crippen LogP contribution in [0.4, 0.5) is 18.9 Å². The minimum atomic E-state index is -5.32. The number of aromatic hydroxyl groups is 1. The van der Waals surface area contributed by atoms with Gasteiger partial charge in [-0.1, -0.05) is 0 Å². The third-order valence-electron chi connectivity index (χ3n) is 6.85. The van der Waals surface area contributed by atoms with Crippen molar-refractivity contribution >= 4 is 22.6 Å². The Balaban J connectivity index is 1.91. The lowest BCUT2D eigenvalue weighted by Gasteiger charge is -2.34. The van der Waals surface area contributed by atoms with Crippen molar-refractivity contribution in [1.29, 1.82) is 0 Å². The SMILES string of the molecule is CCN(CC)c1ccc(-c2cc(=O)c3c(OC(=O)C(F)(F)F)cc(O)c([C@H]4CCN(C)C[C@H]4O)c3o2)cc1. The number of aliphatic hydroxyl groups is 1. The Bertz CT molecular complexity index is 1380. The van der Waals surface area contributed by atoms with E-state index in [9.17, 15) is 33.0 Å². The van der Waals surface area contributed by atoms with E-state index >= 15 is 0 Å². The Morgan fingerprint density at radius 1 is 1.18 bits per heavy atom. The topological polar surface area (TPSA) is 103 Å². The molecule has 2 N–H and O–H groups in total. The summed E-state index contributed by atoms with van der Waals surface area (Å²) in [6.07, 6.45) is -5.89. The van der Waals surface area contributed by atoms with Crippen LogP contribution in [0.5, 0.6) is 11.5 Å². The van der Waals surface area contributed by atoms with Gasteiger partial charge in [0.05, 0.1) is 6.10 Å². The Morgan fingerprint density at radius 3 is 2.42 bits per heavy atom. The number of carbonyl (C=O) groups excluding carboxylic acids is 1. The lowest BCUT2D eigenvalue weighted by Crippen LogP contribution is -2.40. The molecule has 11 heteroatoms. The van der Waals surface area contributed by atoms with Crippen LogP contribution in [0.15, 0.2) is 45.6 Å². The maximum atomic E-state index is 13.3. The van der Waals surface area contributed by atoms with Crippen molar-refractivity contribution in [3.8, 4) is 22.8 Å². The molecule has 1 aliphatic rings. The number of piperidine rings is 1. The van der Waals surface area contributed by atoms with Gasteiger partial charge in [0.2, 0.25) is 0 Å². The molecular formula is C27H29F3N2O6. The Labute approximate surface area is 216 Å². The smallest absolute Gasteiger partial charge is 0.491 e. The van der Waals surface area contributed by atoms with E-state index in [1.165, 1.54) is 0 Å². The highest BCUT2D eigenvalue weighted by Crippen LogP contribution is 2.43. The summed E-state index contributed by atoms with van der Waals surface area (Å²) in [6, 6.07) is 9.10. The predicted molar refractivity (Wildman–Crippen MR) is 136 cm³/mol. The molecule has 2 heterocycles. The van der Waals surface area contributed by atoms with Crippen molar-refractivity contribution in [2.75, 3.05) is 38.1 Å².